The molecule has 13 heavy (non-hydrogen) atoms. The molecular weight excluding hydrogens is 160 g/mol. The van der Waals surface area contributed by atoms with E-state index in [4.69, 9.17) is 4.74 Å². The molecule has 3 atom stereocenters. The molecule has 0 saturated carbocycles. The Morgan fingerprint density at radius 3 is 2.69 bits per heavy atom. The Bertz CT molecular complexity index is 205. The summed E-state index contributed by atoms with van der Waals surface area (Å²) in [7, 11) is 0. The molecule has 0 unspecified atom stereocenters. The first kappa shape index (κ1) is 10.5. The summed E-state index contributed by atoms with van der Waals surface area (Å²) in [6.45, 7) is 10.3. The lowest BCUT2D eigenvalue weighted by Crippen LogP contribution is -2.32. The van der Waals surface area contributed by atoms with Gasteiger partial charge in [-0.15, -0.1) is 0 Å². The van der Waals surface area contributed by atoms with Crippen LogP contribution in [0.15, 0.2) is 24.3 Å². The van der Waals surface area contributed by atoms with Crippen LogP contribution in [0.3, 0.4) is 0 Å². The summed E-state index contributed by atoms with van der Waals surface area (Å²) in [5, 5.41) is 0. The number of hydrogen-bond acceptors (Lipinski definition) is 1. The fourth-order valence-electron chi connectivity index (χ4n) is 1.91. The first-order chi connectivity index (χ1) is 6.15. The SMILES string of the molecule is C=C(C)[C@H]1CC[C@@H](C)O[C@H]1/C=C/C. The first-order valence-electron chi connectivity index (χ1n) is 5.08. The van der Waals surface area contributed by atoms with E-state index in [-0.39, 0.29) is 6.10 Å². The Kier molecular flexibility index (Phi) is 3.73. The highest BCUT2D eigenvalue weighted by Crippen LogP contribution is 2.30. The van der Waals surface area contributed by atoms with Gasteiger partial charge < -0.3 is 4.74 Å². The van der Waals surface area contributed by atoms with Crippen LogP contribution in [0.25, 0.3) is 0 Å². The van der Waals surface area contributed by atoms with Crippen LogP contribution in [0, 0.1) is 5.92 Å². The van der Waals surface area contributed by atoms with Crippen molar-refractivity contribution in [2.75, 3.05) is 0 Å². The lowest BCUT2D eigenvalue weighted by atomic mass is 9.87. The van der Waals surface area contributed by atoms with Gasteiger partial charge >= 0.3 is 0 Å². The molecule has 1 aliphatic heterocycles. The van der Waals surface area contributed by atoms with Crippen LogP contribution in [0.5, 0.6) is 0 Å². The minimum Gasteiger partial charge on any atom is -0.371 e. The van der Waals surface area contributed by atoms with Gasteiger partial charge in [-0.1, -0.05) is 24.3 Å². The zero-order valence-corrected chi connectivity index (χ0v) is 8.92. The van der Waals surface area contributed by atoms with E-state index in [1.54, 1.807) is 0 Å². The van der Waals surface area contributed by atoms with E-state index >= 15 is 0 Å². The standard InChI is InChI=1S/C12H20O/c1-5-6-12-11(9(2)3)8-7-10(4)13-12/h5-6,10-12H,2,7-8H2,1,3-4H3/b6-5+/t10-,11-,12+/m1/s1. The predicted octanol–water partition coefficient (Wildman–Crippen LogP) is 3.32. The largest absolute Gasteiger partial charge is 0.371 e. The topological polar surface area (TPSA) is 9.23 Å². The van der Waals surface area contributed by atoms with Crippen molar-refractivity contribution in [1.29, 1.82) is 0 Å². The number of rotatable bonds is 2. The minimum absolute atomic E-state index is 0.256. The maximum Gasteiger partial charge on any atom is 0.0824 e. The van der Waals surface area contributed by atoms with Crippen LogP contribution in [0.1, 0.15) is 33.6 Å². The van der Waals surface area contributed by atoms with Crippen molar-refractivity contribution in [3.05, 3.63) is 24.3 Å². The van der Waals surface area contributed by atoms with E-state index in [0.29, 0.717) is 12.0 Å². The number of ether oxygens (including phenoxy) is 1. The molecule has 0 aromatic rings. The minimum atomic E-state index is 0.256. The van der Waals surface area contributed by atoms with Crippen molar-refractivity contribution in [3.8, 4) is 0 Å². The zero-order chi connectivity index (χ0) is 9.84. The number of allylic oxidation sites excluding steroid dienone is 1. The second kappa shape index (κ2) is 4.61. The summed E-state index contributed by atoms with van der Waals surface area (Å²) in [5.74, 6) is 0.521. The molecule has 1 heteroatoms. The van der Waals surface area contributed by atoms with E-state index in [1.807, 2.05) is 6.92 Å². The van der Waals surface area contributed by atoms with Gasteiger partial charge in [0.25, 0.3) is 0 Å². The molecule has 1 aliphatic rings. The van der Waals surface area contributed by atoms with E-state index < -0.39 is 0 Å². The van der Waals surface area contributed by atoms with Crippen LogP contribution in [0.4, 0.5) is 0 Å². The molecule has 1 nitrogen and oxygen atoms in total. The Morgan fingerprint density at radius 1 is 1.46 bits per heavy atom. The maximum absolute atomic E-state index is 5.85. The van der Waals surface area contributed by atoms with E-state index in [0.717, 1.165) is 6.42 Å². The van der Waals surface area contributed by atoms with Crippen LogP contribution < -0.4 is 0 Å². The Balaban J connectivity index is 2.65. The predicted molar refractivity (Wildman–Crippen MR) is 56.7 cm³/mol. The van der Waals surface area contributed by atoms with Gasteiger partial charge in [0, 0.05) is 5.92 Å². The van der Waals surface area contributed by atoms with Gasteiger partial charge in [0.1, 0.15) is 0 Å². The lowest BCUT2D eigenvalue weighted by molar-refractivity contribution is -0.0390. The van der Waals surface area contributed by atoms with Gasteiger partial charge in [-0.3, -0.25) is 0 Å². The Morgan fingerprint density at radius 2 is 2.15 bits per heavy atom. The average Bonchev–Trinajstić information content (AvgIpc) is 2.04. The zero-order valence-electron chi connectivity index (χ0n) is 8.92. The number of hydrogen-bond donors (Lipinski definition) is 0. The molecule has 0 radical (unpaired) electrons. The van der Waals surface area contributed by atoms with Crippen molar-refractivity contribution in [1.82, 2.24) is 0 Å². The third-order valence-corrected chi connectivity index (χ3v) is 2.69. The fourth-order valence-corrected chi connectivity index (χ4v) is 1.91. The van der Waals surface area contributed by atoms with Crippen molar-refractivity contribution >= 4 is 0 Å². The van der Waals surface area contributed by atoms with E-state index in [9.17, 15) is 0 Å². The molecule has 0 bridgehead atoms. The average molecular weight is 180 g/mol. The highest BCUT2D eigenvalue weighted by atomic mass is 16.5. The molecule has 1 rings (SSSR count). The summed E-state index contributed by atoms with van der Waals surface area (Å²) in [6.07, 6.45) is 7.24. The monoisotopic (exact) mass is 180 g/mol. The molecule has 74 valence electrons. The highest BCUT2D eigenvalue weighted by molar-refractivity contribution is 5.07. The maximum atomic E-state index is 5.85. The van der Waals surface area contributed by atoms with Gasteiger partial charge in [-0.05, 0) is 33.6 Å². The highest BCUT2D eigenvalue weighted by Gasteiger charge is 2.27. The molecule has 1 heterocycles. The van der Waals surface area contributed by atoms with E-state index in [1.165, 1.54) is 12.0 Å². The molecule has 0 N–H and O–H groups in total. The van der Waals surface area contributed by atoms with Crippen LogP contribution in [-0.4, -0.2) is 12.2 Å². The van der Waals surface area contributed by atoms with Crippen molar-refractivity contribution in [3.63, 3.8) is 0 Å². The van der Waals surface area contributed by atoms with Crippen molar-refractivity contribution < 1.29 is 4.74 Å². The summed E-state index contributed by atoms with van der Waals surface area (Å²) in [6, 6.07) is 0. The Labute approximate surface area is 81.5 Å². The summed E-state index contributed by atoms with van der Waals surface area (Å²) in [4.78, 5) is 0. The lowest BCUT2D eigenvalue weighted by Gasteiger charge is -2.34. The molecule has 0 amide bonds. The quantitative estimate of drug-likeness (QED) is 0.592. The summed E-state index contributed by atoms with van der Waals surface area (Å²) < 4.78 is 5.85. The first-order valence-corrected chi connectivity index (χ1v) is 5.08. The van der Waals surface area contributed by atoms with Crippen LogP contribution >= 0.6 is 0 Å². The normalized spacial score (nSPS) is 35.2. The summed E-state index contributed by atoms with van der Waals surface area (Å²) >= 11 is 0. The smallest absolute Gasteiger partial charge is 0.0824 e. The second-order valence-corrected chi connectivity index (χ2v) is 3.97. The molecule has 0 spiro atoms. The van der Waals surface area contributed by atoms with Crippen LogP contribution in [-0.2, 0) is 4.74 Å². The van der Waals surface area contributed by atoms with Gasteiger partial charge in [-0.25, -0.2) is 0 Å². The van der Waals surface area contributed by atoms with Gasteiger partial charge in [0.2, 0.25) is 0 Å². The fraction of sp³-hybridized carbons (Fsp3) is 0.667. The third-order valence-electron chi connectivity index (χ3n) is 2.69. The second-order valence-electron chi connectivity index (χ2n) is 3.97. The molecule has 0 aromatic heterocycles. The third kappa shape index (κ3) is 2.70. The van der Waals surface area contributed by atoms with Gasteiger partial charge in [-0.2, -0.15) is 0 Å². The molecular formula is C12H20O. The van der Waals surface area contributed by atoms with Gasteiger partial charge in [0.05, 0.1) is 12.2 Å². The molecule has 1 saturated heterocycles. The molecule has 1 fully saturated rings. The molecule has 0 aromatic carbocycles. The van der Waals surface area contributed by atoms with Gasteiger partial charge in [0.15, 0.2) is 0 Å². The van der Waals surface area contributed by atoms with Crippen molar-refractivity contribution in [2.45, 2.75) is 45.8 Å². The summed E-state index contributed by atoms with van der Waals surface area (Å²) in [5.41, 5.74) is 1.25. The van der Waals surface area contributed by atoms with Crippen molar-refractivity contribution in [2.24, 2.45) is 5.92 Å². The van der Waals surface area contributed by atoms with E-state index in [2.05, 4.69) is 32.6 Å². The molecule has 0 aliphatic carbocycles. The van der Waals surface area contributed by atoms with Crippen LogP contribution in [0.2, 0.25) is 0 Å². The Hall–Kier alpha value is -0.560.